The average molecular weight is 232 g/mol. The van der Waals surface area contributed by atoms with Crippen LogP contribution in [-0.2, 0) is 4.79 Å². The molecule has 1 rings (SSSR count). The summed E-state index contributed by atoms with van der Waals surface area (Å²) in [6.45, 7) is 5.98. The number of unbranched alkanes of at least 4 members (excludes halogenated alkanes) is 1. The summed E-state index contributed by atoms with van der Waals surface area (Å²) in [5, 5.41) is 9.24. The molecule has 0 aliphatic heterocycles. The van der Waals surface area contributed by atoms with E-state index in [1.807, 2.05) is 38.1 Å². The third-order valence-corrected chi connectivity index (χ3v) is 2.94. The Morgan fingerprint density at radius 3 is 2.59 bits per heavy atom. The van der Waals surface area contributed by atoms with Gasteiger partial charge in [0.15, 0.2) is 0 Å². The first-order valence-corrected chi connectivity index (χ1v) is 6.06. The lowest BCUT2D eigenvalue weighted by Crippen LogP contribution is -2.03. The summed E-state index contributed by atoms with van der Waals surface area (Å²) in [7, 11) is 0. The van der Waals surface area contributed by atoms with E-state index in [1.54, 1.807) is 0 Å². The second-order valence-corrected chi connectivity index (χ2v) is 4.38. The zero-order chi connectivity index (χ0) is 12.8. The van der Waals surface area contributed by atoms with Gasteiger partial charge < -0.3 is 5.11 Å². The van der Waals surface area contributed by atoms with Gasteiger partial charge in [-0.05, 0) is 37.8 Å². The third kappa shape index (κ3) is 3.74. The molecule has 0 aliphatic rings. The van der Waals surface area contributed by atoms with Gasteiger partial charge in [-0.1, -0.05) is 43.2 Å². The van der Waals surface area contributed by atoms with Crippen molar-refractivity contribution < 1.29 is 9.90 Å². The maximum absolute atomic E-state index is 11.2. The van der Waals surface area contributed by atoms with Gasteiger partial charge >= 0.3 is 5.97 Å². The third-order valence-electron chi connectivity index (χ3n) is 2.94. The van der Waals surface area contributed by atoms with Gasteiger partial charge in [-0.15, -0.1) is 0 Å². The van der Waals surface area contributed by atoms with Gasteiger partial charge in [0.1, 0.15) is 0 Å². The van der Waals surface area contributed by atoms with Crippen molar-refractivity contribution in [2.75, 3.05) is 0 Å². The van der Waals surface area contributed by atoms with Gasteiger partial charge in [-0.2, -0.15) is 0 Å². The molecular weight excluding hydrogens is 212 g/mol. The zero-order valence-corrected chi connectivity index (χ0v) is 10.8. The summed E-state index contributed by atoms with van der Waals surface area (Å²) in [5.41, 5.74) is 3.59. The van der Waals surface area contributed by atoms with Crippen molar-refractivity contribution >= 4 is 11.5 Å². The number of aliphatic carboxylic acids is 1. The number of carboxylic acid groups (broad SMARTS) is 1. The molecule has 1 aromatic rings. The van der Waals surface area contributed by atoms with E-state index in [9.17, 15) is 9.90 Å². The molecule has 1 aromatic carbocycles. The summed E-state index contributed by atoms with van der Waals surface area (Å²) >= 11 is 0. The van der Waals surface area contributed by atoms with Crippen molar-refractivity contribution in [3.8, 4) is 0 Å². The Labute approximate surface area is 103 Å². The molecule has 0 amide bonds. The highest BCUT2D eigenvalue weighted by Gasteiger charge is 2.12. The minimum atomic E-state index is -0.794. The molecule has 0 radical (unpaired) electrons. The predicted molar refractivity (Wildman–Crippen MR) is 70.9 cm³/mol. The van der Waals surface area contributed by atoms with Gasteiger partial charge in [0.25, 0.3) is 0 Å². The molecule has 0 aliphatic carbocycles. The fourth-order valence-corrected chi connectivity index (χ4v) is 1.86. The smallest absolute Gasteiger partial charge is 0.331 e. The van der Waals surface area contributed by atoms with Crippen LogP contribution < -0.4 is 0 Å². The minimum absolute atomic E-state index is 0.539. The fraction of sp³-hybridized carbons (Fsp3) is 0.400. The van der Waals surface area contributed by atoms with Crippen molar-refractivity contribution in [1.82, 2.24) is 0 Å². The van der Waals surface area contributed by atoms with E-state index in [1.165, 1.54) is 0 Å². The fourth-order valence-electron chi connectivity index (χ4n) is 1.86. The zero-order valence-electron chi connectivity index (χ0n) is 10.8. The average Bonchev–Trinajstić information content (AvgIpc) is 2.29. The molecule has 0 bridgehead atoms. The molecule has 0 fully saturated rings. The normalized spacial score (nSPS) is 12.2. The number of hydrogen-bond donors (Lipinski definition) is 1. The van der Waals surface area contributed by atoms with Crippen LogP contribution >= 0.6 is 0 Å². The van der Waals surface area contributed by atoms with Crippen molar-refractivity contribution in [2.45, 2.75) is 40.0 Å². The SMILES string of the molecule is CCCC/C(C(=O)O)=C(/C)c1cccc(C)c1. The first-order chi connectivity index (χ1) is 8.06. The molecular formula is C15H20O2. The van der Waals surface area contributed by atoms with Crippen LogP contribution in [0.1, 0.15) is 44.2 Å². The Kier molecular flexibility index (Phi) is 4.95. The van der Waals surface area contributed by atoms with Crippen LogP contribution in [0.2, 0.25) is 0 Å². The standard InChI is InChI=1S/C15H20O2/c1-4-5-9-14(15(16)17)12(3)13-8-6-7-11(2)10-13/h6-8,10H,4-5,9H2,1-3H3,(H,16,17)/b14-12+. The maximum Gasteiger partial charge on any atom is 0.331 e. The summed E-state index contributed by atoms with van der Waals surface area (Å²) in [6.07, 6.45) is 2.58. The van der Waals surface area contributed by atoms with Crippen LogP contribution in [0.15, 0.2) is 29.8 Å². The summed E-state index contributed by atoms with van der Waals surface area (Å²) in [6, 6.07) is 7.98. The van der Waals surface area contributed by atoms with E-state index in [0.29, 0.717) is 12.0 Å². The molecule has 1 N–H and O–H groups in total. The van der Waals surface area contributed by atoms with Crippen LogP contribution in [0.25, 0.3) is 5.57 Å². The topological polar surface area (TPSA) is 37.3 Å². The Morgan fingerprint density at radius 2 is 2.06 bits per heavy atom. The van der Waals surface area contributed by atoms with E-state index >= 15 is 0 Å². The molecule has 0 saturated carbocycles. The molecule has 0 aromatic heterocycles. The molecule has 0 spiro atoms. The van der Waals surface area contributed by atoms with E-state index < -0.39 is 5.97 Å². The predicted octanol–water partition coefficient (Wildman–Crippen LogP) is 4.04. The Bertz CT molecular complexity index is 430. The van der Waals surface area contributed by atoms with E-state index in [-0.39, 0.29) is 0 Å². The Morgan fingerprint density at radius 1 is 1.35 bits per heavy atom. The number of rotatable bonds is 5. The first-order valence-electron chi connectivity index (χ1n) is 6.06. The molecule has 0 unspecified atom stereocenters. The molecule has 2 nitrogen and oxygen atoms in total. The number of carbonyl (C=O) groups is 1. The lowest BCUT2D eigenvalue weighted by atomic mass is 9.96. The van der Waals surface area contributed by atoms with Crippen LogP contribution in [0, 0.1) is 6.92 Å². The maximum atomic E-state index is 11.2. The minimum Gasteiger partial charge on any atom is -0.478 e. The highest BCUT2D eigenvalue weighted by Crippen LogP contribution is 2.23. The number of benzene rings is 1. The quantitative estimate of drug-likeness (QED) is 0.778. The van der Waals surface area contributed by atoms with E-state index in [4.69, 9.17) is 0 Å². The van der Waals surface area contributed by atoms with Crippen LogP contribution in [0.3, 0.4) is 0 Å². The highest BCUT2D eigenvalue weighted by molar-refractivity contribution is 5.95. The van der Waals surface area contributed by atoms with Crippen LogP contribution in [0.4, 0.5) is 0 Å². The second-order valence-electron chi connectivity index (χ2n) is 4.38. The van der Waals surface area contributed by atoms with Crippen molar-refractivity contribution in [1.29, 1.82) is 0 Å². The Hall–Kier alpha value is -1.57. The molecule has 17 heavy (non-hydrogen) atoms. The first kappa shape index (κ1) is 13.5. The van der Waals surface area contributed by atoms with Gasteiger partial charge in [0, 0.05) is 5.57 Å². The van der Waals surface area contributed by atoms with E-state index in [0.717, 1.165) is 29.5 Å². The lowest BCUT2D eigenvalue weighted by molar-refractivity contribution is -0.132. The van der Waals surface area contributed by atoms with Gasteiger partial charge in [0.05, 0.1) is 0 Å². The van der Waals surface area contributed by atoms with Gasteiger partial charge in [-0.3, -0.25) is 0 Å². The van der Waals surface area contributed by atoms with Crippen LogP contribution in [0.5, 0.6) is 0 Å². The van der Waals surface area contributed by atoms with Crippen LogP contribution in [-0.4, -0.2) is 11.1 Å². The highest BCUT2D eigenvalue weighted by atomic mass is 16.4. The van der Waals surface area contributed by atoms with Gasteiger partial charge in [-0.25, -0.2) is 4.79 Å². The molecule has 0 saturated heterocycles. The lowest BCUT2D eigenvalue weighted by Gasteiger charge is -2.09. The van der Waals surface area contributed by atoms with Gasteiger partial charge in [0.2, 0.25) is 0 Å². The second kappa shape index (κ2) is 6.24. The molecule has 0 atom stereocenters. The largest absolute Gasteiger partial charge is 0.478 e. The summed E-state index contributed by atoms with van der Waals surface area (Å²) in [5.74, 6) is -0.794. The molecule has 0 heterocycles. The molecule has 92 valence electrons. The monoisotopic (exact) mass is 232 g/mol. The molecule has 2 heteroatoms. The van der Waals surface area contributed by atoms with Crippen molar-refractivity contribution in [2.24, 2.45) is 0 Å². The Balaban J connectivity index is 3.10. The summed E-state index contributed by atoms with van der Waals surface area (Å²) in [4.78, 5) is 11.2. The van der Waals surface area contributed by atoms with Crippen molar-refractivity contribution in [3.05, 3.63) is 41.0 Å². The number of aryl methyl sites for hydroxylation is 1. The van der Waals surface area contributed by atoms with E-state index in [2.05, 4.69) is 6.92 Å². The van der Waals surface area contributed by atoms with Crippen molar-refractivity contribution in [3.63, 3.8) is 0 Å². The number of carboxylic acids is 1. The number of hydrogen-bond acceptors (Lipinski definition) is 1. The number of allylic oxidation sites excluding steroid dienone is 1. The summed E-state index contributed by atoms with van der Waals surface area (Å²) < 4.78 is 0.